The molecule has 0 radical (unpaired) electrons. The number of nitrogens with one attached hydrogen (secondary N) is 1. The fraction of sp³-hybridized carbons (Fsp3) is 0.133. The largest absolute Gasteiger partial charge is 0.324 e. The Balaban J connectivity index is 1.69. The fourth-order valence-corrected chi connectivity index (χ4v) is 2.72. The highest BCUT2D eigenvalue weighted by atomic mass is 32.1. The molecule has 0 aliphatic carbocycles. The Kier molecular flexibility index (Phi) is 4.07. The van der Waals surface area contributed by atoms with Crippen molar-refractivity contribution in [3.05, 3.63) is 59.3 Å². The molecule has 0 fully saturated rings. The van der Waals surface area contributed by atoms with E-state index in [9.17, 15) is 4.79 Å². The van der Waals surface area contributed by atoms with Gasteiger partial charge in [0.15, 0.2) is 0 Å². The summed E-state index contributed by atoms with van der Waals surface area (Å²) < 4.78 is 1.63. The first kappa shape index (κ1) is 13.5. The van der Waals surface area contributed by atoms with Crippen LogP contribution < -0.4 is 5.32 Å². The minimum Gasteiger partial charge on any atom is -0.324 e. The molecule has 1 aromatic carbocycles. The van der Waals surface area contributed by atoms with E-state index < -0.39 is 0 Å². The second-order valence-electron chi connectivity index (χ2n) is 4.48. The molecule has 0 saturated carbocycles. The summed E-state index contributed by atoms with van der Waals surface area (Å²) in [6, 6.07) is 11.6. The number of aromatic nitrogens is 3. The highest BCUT2D eigenvalue weighted by Crippen LogP contribution is 2.19. The van der Waals surface area contributed by atoms with Crippen LogP contribution in [0, 0.1) is 0 Å². The molecule has 0 unspecified atom stereocenters. The van der Waals surface area contributed by atoms with Gasteiger partial charge in [-0.3, -0.25) is 4.79 Å². The molecule has 3 aromatic rings. The van der Waals surface area contributed by atoms with Crippen LogP contribution in [-0.2, 0) is 11.2 Å². The maximum atomic E-state index is 12.1. The molecule has 0 spiro atoms. The SMILES string of the molecule is O=C(CCc1cccs1)Nc1ccccc1-n1cncn1. The summed E-state index contributed by atoms with van der Waals surface area (Å²) in [5.74, 6) is -0.00374. The van der Waals surface area contributed by atoms with Crippen molar-refractivity contribution in [3.63, 3.8) is 0 Å². The highest BCUT2D eigenvalue weighted by Gasteiger charge is 2.09. The number of carbonyl (C=O) groups excluding carboxylic acids is 1. The van der Waals surface area contributed by atoms with Crippen LogP contribution in [0.2, 0.25) is 0 Å². The zero-order valence-electron chi connectivity index (χ0n) is 11.3. The lowest BCUT2D eigenvalue weighted by Crippen LogP contribution is -2.14. The molecule has 6 heteroatoms. The Morgan fingerprint density at radius 3 is 2.90 bits per heavy atom. The Bertz CT molecular complexity index is 707. The molecule has 0 bridgehead atoms. The van der Waals surface area contributed by atoms with Gasteiger partial charge in [0.2, 0.25) is 5.91 Å². The second-order valence-corrected chi connectivity index (χ2v) is 5.52. The summed E-state index contributed by atoms with van der Waals surface area (Å²) in [5, 5.41) is 9.06. The van der Waals surface area contributed by atoms with Gasteiger partial charge in [-0.1, -0.05) is 18.2 Å². The van der Waals surface area contributed by atoms with Crippen molar-refractivity contribution in [2.45, 2.75) is 12.8 Å². The predicted octanol–water partition coefficient (Wildman–Crippen LogP) is 2.90. The summed E-state index contributed by atoms with van der Waals surface area (Å²) >= 11 is 1.67. The maximum absolute atomic E-state index is 12.1. The van der Waals surface area contributed by atoms with E-state index in [0.717, 1.165) is 17.8 Å². The van der Waals surface area contributed by atoms with Crippen LogP contribution >= 0.6 is 11.3 Å². The minimum atomic E-state index is -0.00374. The summed E-state index contributed by atoms with van der Waals surface area (Å²) in [5.41, 5.74) is 1.54. The third kappa shape index (κ3) is 3.35. The highest BCUT2D eigenvalue weighted by molar-refractivity contribution is 7.09. The molecule has 1 N–H and O–H groups in total. The van der Waals surface area contributed by atoms with Crippen LogP contribution in [0.3, 0.4) is 0 Å². The molecule has 21 heavy (non-hydrogen) atoms. The molecule has 0 atom stereocenters. The van der Waals surface area contributed by atoms with Crippen molar-refractivity contribution in [2.75, 3.05) is 5.32 Å². The molecule has 5 nitrogen and oxygen atoms in total. The summed E-state index contributed by atoms with van der Waals surface area (Å²) in [6.45, 7) is 0. The van der Waals surface area contributed by atoms with Gasteiger partial charge in [0.05, 0.1) is 11.4 Å². The number of hydrogen-bond acceptors (Lipinski definition) is 4. The number of aryl methyl sites for hydroxylation is 1. The lowest BCUT2D eigenvalue weighted by molar-refractivity contribution is -0.116. The molecular formula is C15H14N4OS. The molecule has 1 amide bonds. The Morgan fingerprint density at radius 1 is 1.24 bits per heavy atom. The third-order valence-electron chi connectivity index (χ3n) is 3.02. The number of anilines is 1. The normalized spacial score (nSPS) is 10.5. The van der Waals surface area contributed by atoms with Gasteiger partial charge in [-0.25, -0.2) is 9.67 Å². The first-order chi connectivity index (χ1) is 10.3. The van der Waals surface area contributed by atoms with E-state index in [4.69, 9.17) is 0 Å². The molecule has 106 valence electrons. The van der Waals surface area contributed by atoms with Crippen molar-refractivity contribution < 1.29 is 4.79 Å². The van der Waals surface area contributed by atoms with Gasteiger partial charge in [-0.05, 0) is 30.0 Å². The van der Waals surface area contributed by atoms with Crippen LogP contribution in [-0.4, -0.2) is 20.7 Å². The standard InChI is InChI=1S/C15H14N4OS/c20-15(8-7-12-4-3-9-21-12)18-13-5-1-2-6-14(13)19-11-16-10-17-19/h1-6,9-11H,7-8H2,(H,18,20). The number of amides is 1. The summed E-state index contributed by atoms with van der Waals surface area (Å²) in [4.78, 5) is 17.2. The molecular weight excluding hydrogens is 284 g/mol. The number of nitrogens with zero attached hydrogens (tertiary/aromatic N) is 3. The van der Waals surface area contributed by atoms with Gasteiger partial charge < -0.3 is 5.32 Å². The van der Waals surface area contributed by atoms with Crippen LogP contribution in [0.1, 0.15) is 11.3 Å². The quantitative estimate of drug-likeness (QED) is 0.788. The molecule has 2 aromatic heterocycles. The number of carbonyl (C=O) groups is 1. The molecule has 0 aliphatic rings. The van der Waals surface area contributed by atoms with E-state index in [1.54, 1.807) is 22.3 Å². The van der Waals surface area contributed by atoms with E-state index in [0.29, 0.717) is 6.42 Å². The smallest absolute Gasteiger partial charge is 0.224 e. The van der Waals surface area contributed by atoms with Gasteiger partial charge >= 0.3 is 0 Å². The third-order valence-corrected chi connectivity index (χ3v) is 3.96. The Hall–Kier alpha value is -2.47. The predicted molar refractivity (Wildman–Crippen MR) is 82.6 cm³/mol. The molecule has 0 saturated heterocycles. The van der Waals surface area contributed by atoms with E-state index in [1.165, 1.54) is 11.2 Å². The maximum Gasteiger partial charge on any atom is 0.224 e. The van der Waals surface area contributed by atoms with Gasteiger partial charge in [-0.15, -0.1) is 11.3 Å². The van der Waals surface area contributed by atoms with E-state index >= 15 is 0 Å². The van der Waals surface area contributed by atoms with Gasteiger partial charge in [-0.2, -0.15) is 5.10 Å². The van der Waals surface area contributed by atoms with Crippen molar-refractivity contribution in [1.82, 2.24) is 14.8 Å². The molecule has 3 rings (SSSR count). The lowest BCUT2D eigenvalue weighted by Gasteiger charge is -2.10. The van der Waals surface area contributed by atoms with Crippen LogP contribution in [0.4, 0.5) is 5.69 Å². The van der Waals surface area contributed by atoms with Crippen molar-refractivity contribution in [3.8, 4) is 5.69 Å². The summed E-state index contributed by atoms with van der Waals surface area (Å²) in [7, 11) is 0. The average Bonchev–Trinajstić information content (AvgIpc) is 3.19. The number of para-hydroxylation sites is 2. The topological polar surface area (TPSA) is 59.8 Å². The number of thiophene rings is 1. The van der Waals surface area contributed by atoms with Crippen molar-refractivity contribution >= 4 is 22.9 Å². The first-order valence-corrected chi connectivity index (χ1v) is 7.47. The first-order valence-electron chi connectivity index (χ1n) is 6.59. The lowest BCUT2D eigenvalue weighted by atomic mass is 10.2. The van der Waals surface area contributed by atoms with E-state index in [2.05, 4.69) is 15.4 Å². The van der Waals surface area contributed by atoms with Crippen LogP contribution in [0.25, 0.3) is 5.69 Å². The van der Waals surface area contributed by atoms with Gasteiger partial charge in [0.1, 0.15) is 12.7 Å². The molecule has 2 heterocycles. The zero-order chi connectivity index (χ0) is 14.5. The number of benzene rings is 1. The number of rotatable bonds is 5. The fourth-order valence-electron chi connectivity index (χ4n) is 2.02. The van der Waals surface area contributed by atoms with Crippen LogP contribution in [0.15, 0.2) is 54.4 Å². The summed E-state index contributed by atoms with van der Waals surface area (Å²) in [6.07, 6.45) is 4.30. The van der Waals surface area contributed by atoms with Gasteiger partial charge in [0, 0.05) is 11.3 Å². The second kappa shape index (κ2) is 6.32. The van der Waals surface area contributed by atoms with Crippen molar-refractivity contribution in [1.29, 1.82) is 0 Å². The van der Waals surface area contributed by atoms with E-state index in [1.807, 2.05) is 41.8 Å². The minimum absolute atomic E-state index is 0.00374. The zero-order valence-corrected chi connectivity index (χ0v) is 12.1. The Labute approximate surface area is 126 Å². The number of hydrogen-bond donors (Lipinski definition) is 1. The van der Waals surface area contributed by atoms with Crippen LogP contribution in [0.5, 0.6) is 0 Å². The average molecular weight is 298 g/mol. The van der Waals surface area contributed by atoms with Crippen molar-refractivity contribution in [2.24, 2.45) is 0 Å². The van der Waals surface area contributed by atoms with E-state index in [-0.39, 0.29) is 5.91 Å². The van der Waals surface area contributed by atoms with Gasteiger partial charge in [0.25, 0.3) is 0 Å². The Morgan fingerprint density at radius 2 is 2.14 bits per heavy atom. The molecule has 0 aliphatic heterocycles. The monoisotopic (exact) mass is 298 g/mol.